The van der Waals surface area contributed by atoms with Crippen LogP contribution in [-0.2, 0) is 6.42 Å². The Bertz CT molecular complexity index is 984. The maximum Gasteiger partial charge on any atom is 0.191 e. The van der Waals surface area contributed by atoms with E-state index < -0.39 is 0 Å². The molecule has 0 unspecified atom stereocenters. The van der Waals surface area contributed by atoms with E-state index in [1.807, 2.05) is 20.0 Å². The normalized spacial score (nSPS) is 15.5. The maximum absolute atomic E-state index is 4.66. The van der Waals surface area contributed by atoms with Crippen LogP contribution in [0.5, 0.6) is 0 Å². The number of hydrogen-bond donors (Lipinski definition) is 3. The number of benzene rings is 1. The Morgan fingerprint density at radius 3 is 2.80 bits per heavy atom. The molecule has 30 heavy (non-hydrogen) atoms. The van der Waals surface area contributed by atoms with Crippen molar-refractivity contribution in [1.29, 1.82) is 0 Å². The van der Waals surface area contributed by atoms with Crippen molar-refractivity contribution < 1.29 is 0 Å². The highest BCUT2D eigenvalue weighted by molar-refractivity contribution is 5.83. The zero-order valence-electron chi connectivity index (χ0n) is 18.0. The molecule has 0 saturated carbocycles. The lowest BCUT2D eigenvalue weighted by molar-refractivity contribution is 0.459. The van der Waals surface area contributed by atoms with Crippen molar-refractivity contribution in [1.82, 2.24) is 20.6 Å². The molecule has 1 aromatic carbocycles. The predicted octanol–water partition coefficient (Wildman–Crippen LogP) is 3.64. The number of aromatic amines is 1. The lowest BCUT2D eigenvalue weighted by atomic mass is 10.1. The topological polar surface area (TPSA) is 68.3 Å². The van der Waals surface area contributed by atoms with Gasteiger partial charge < -0.3 is 20.5 Å². The number of pyridine rings is 1. The summed E-state index contributed by atoms with van der Waals surface area (Å²) in [4.78, 5) is 14.8. The van der Waals surface area contributed by atoms with E-state index >= 15 is 0 Å². The quantitative estimate of drug-likeness (QED) is 0.333. The van der Waals surface area contributed by atoms with Gasteiger partial charge in [0.1, 0.15) is 5.82 Å². The molecule has 0 amide bonds. The number of nitrogens with zero attached hydrogens (tertiary/aromatic N) is 3. The first kappa shape index (κ1) is 20.3. The summed E-state index contributed by atoms with van der Waals surface area (Å²) in [6, 6.07) is 15.2. The van der Waals surface area contributed by atoms with E-state index in [-0.39, 0.29) is 0 Å². The van der Waals surface area contributed by atoms with E-state index in [1.54, 1.807) is 0 Å². The van der Waals surface area contributed by atoms with E-state index in [0.29, 0.717) is 6.04 Å². The van der Waals surface area contributed by atoms with Crippen molar-refractivity contribution >= 4 is 22.7 Å². The van der Waals surface area contributed by atoms with E-state index in [0.717, 1.165) is 62.8 Å². The molecule has 6 heteroatoms. The third-order valence-corrected chi connectivity index (χ3v) is 5.85. The molecule has 0 bridgehead atoms. The number of nitrogens with one attached hydrogen (secondary N) is 3. The minimum absolute atomic E-state index is 0.450. The standard InChI is InChI=1S/C24H32N6/c1-18-7-5-11-23(28-18)30-15-12-20(13-16-30)29-24(25-2)26-14-6-8-19-17-27-22-10-4-3-9-21(19)22/h3-5,7,9-11,17,20,27H,6,8,12-16H2,1-2H3,(H2,25,26,29). The summed E-state index contributed by atoms with van der Waals surface area (Å²) < 4.78 is 0. The maximum atomic E-state index is 4.66. The van der Waals surface area contributed by atoms with Crippen LogP contribution in [-0.4, -0.2) is 48.7 Å². The molecular weight excluding hydrogens is 372 g/mol. The van der Waals surface area contributed by atoms with Gasteiger partial charge in [-0.15, -0.1) is 0 Å². The van der Waals surface area contributed by atoms with Gasteiger partial charge in [0.05, 0.1) is 0 Å². The number of hydrogen-bond acceptors (Lipinski definition) is 3. The Hall–Kier alpha value is -3.02. The zero-order valence-corrected chi connectivity index (χ0v) is 18.0. The zero-order chi connectivity index (χ0) is 20.8. The fourth-order valence-electron chi connectivity index (χ4n) is 4.17. The molecule has 6 nitrogen and oxygen atoms in total. The average Bonchev–Trinajstić information content (AvgIpc) is 3.19. The Morgan fingerprint density at radius 1 is 1.17 bits per heavy atom. The smallest absolute Gasteiger partial charge is 0.191 e. The number of fused-ring (bicyclic) bond motifs is 1. The van der Waals surface area contributed by atoms with Crippen LogP contribution in [0.15, 0.2) is 53.7 Å². The van der Waals surface area contributed by atoms with Gasteiger partial charge in [0.25, 0.3) is 0 Å². The molecule has 1 aliphatic rings. The minimum atomic E-state index is 0.450. The van der Waals surface area contributed by atoms with Gasteiger partial charge in [0.15, 0.2) is 5.96 Å². The van der Waals surface area contributed by atoms with E-state index in [1.165, 1.54) is 16.5 Å². The van der Waals surface area contributed by atoms with E-state index in [9.17, 15) is 0 Å². The number of para-hydroxylation sites is 1. The molecule has 0 spiro atoms. The van der Waals surface area contributed by atoms with Crippen LogP contribution in [0.4, 0.5) is 5.82 Å². The van der Waals surface area contributed by atoms with Gasteiger partial charge in [-0.3, -0.25) is 4.99 Å². The average molecular weight is 405 g/mol. The Kier molecular flexibility index (Phi) is 6.52. The number of rotatable bonds is 6. The van der Waals surface area contributed by atoms with Crippen LogP contribution in [0.3, 0.4) is 0 Å². The second-order valence-corrected chi connectivity index (χ2v) is 8.00. The summed E-state index contributed by atoms with van der Waals surface area (Å²) >= 11 is 0. The van der Waals surface area contributed by atoms with Crippen LogP contribution in [0.25, 0.3) is 10.9 Å². The van der Waals surface area contributed by atoms with Crippen LogP contribution in [0.1, 0.15) is 30.5 Å². The van der Waals surface area contributed by atoms with Crippen molar-refractivity contribution in [3.8, 4) is 0 Å². The SMILES string of the molecule is CN=C(NCCCc1c[nH]c2ccccc12)NC1CCN(c2cccc(C)n2)CC1. The fraction of sp³-hybridized carbons (Fsp3) is 0.417. The largest absolute Gasteiger partial charge is 0.361 e. The summed E-state index contributed by atoms with van der Waals surface area (Å²) in [7, 11) is 1.85. The summed E-state index contributed by atoms with van der Waals surface area (Å²) in [6.45, 7) is 4.99. The third kappa shape index (κ3) is 4.93. The Morgan fingerprint density at radius 2 is 2.00 bits per heavy atom. The monoisotopic (exact) mass is 404 g/mol. The summed E-state index contributed by atoms with van der Waals surface area (Å²) in [5.74, 6) is 1.99. The summed E-state index contributed by atoms with van der Waals surface area (Å²) in [6.07, 6.45) is 6.43. The number of anilines is 1. The van der Waals surface area contributed by atoms with Crippen LogP contribution >= 0.6 is 0 Å². The van der Waals surface area contributed by atoms with Crippen molar-refractivity contribution in [3.05, 3.63) is 59.9 Å². The molecule has 3 N–H and O–H groups in total. The molecule has 1 saturated heterocycles. The molecule has 0 atom stereocenters. The summed E-state index contributed by atoms with van der Waals surface area (Å²) in [5, 5.41) is 8.41. The van der Waals surface area contributed by atoms with Gasteiger partial charge >= 0.3 is 0 Å². The summed E-state index contributed by atoms with van der Waals surface area (Å²) in [5.41, 5.74) is 3.67. The number of aliphatic imine (C=N–C) groups is 1. The Balaban J connectivity index is 1.20. The van der Waals surface area contributed by atoms with Crippen LogP contribution < -0.4 is 15.5 Å². The van der Waals surface area contributed by atoms with Crippen LogP contribution in [0.2, 0.25) is 0 Å². The Labute approximate surface area is 178 Å². The van der Waals surface area contributed by atoms with Crippen molar-refractivity contribution in [2.45, 2.75) is 38.6 Å². The fourth-order valence-corrected chi connectivity index (χ4v) is 4.17. The van der Waals surface area contributed by atoms with Gasteiger partial charge in [0.2, 0.25) is 0 Å². The molecular formula is C24H32N6. The minimum Gasteiger partial charge on any atom is -0.361 e. The van der Waals surface area contributed by atoms with Crippen molar-refractivity contribution in [2.75, 3.05) is 31.6 Å². The number of aryl methyl sites for hydroxylation is 2. The highest BCUT2D eigenvalue weighted by Gasteiger charge is 2.20. The first-order valence-corrected chi connectivity index (χ1v) is 10.9. The highest BCUT2D eigenvalue weighted by atomic mass is 15.2. The van der Waals surface area contributed by atoms with E-state index in [4.69, 9.17) is 0 Å². The molecule has 4 rings (SSSR count). The molecule has 158 valence electrons. The molecule has 1 aliphatic heterocycles. The van der Waals surface area contributed by atoms with E-state index in [2.05, 4.69) is 73.1 Å². The molecule has 1 fully saturated rings. The van der Waals surface area contributed by atoms with Crippen molar-refractivity contribution in [2.24, 2.45) is 4.99 Å². The number of H-pyrrole nitrogens is 1. The molecule has 0 radical (unpaired) electrons. The molecule has 3 aromatic rings. The van der Waals surface area contributed by atoms with Gasteiger partial charge in [-0.25, -0.2) is 4.98 Å². The first-order chi connectivity index (χ1) is 14.7. The first-order valence-electron chi connectivity index (χ1n) is 10.9. The van der Waals surface area contributed by atoms with Crippen LogP contribution in [0, 0.1) is 6.92 Å². The lowest BCUT2D eigenvalue weighted by Crippen LogP contribution is -2.49. The number of guanidine groups is 1. The van der Waals surface area contributed by atoms with Gasteiger partial charge in [-0.1, -0.05) is 24.3 Å². The van der Waals surface area contributed by atoms with Gasteiger partial charge in [0, 0.05) is 55.5 Å². The van der Waals surface area contributed by atoms with Crippen molar-refractivity contribution in [3.63, 3.8) is 0 Å². The molecule has 0 aliphatic carbocycles. The predicted molar refractivity (Wildman–Crippen MR) is 125 cm³/mol. The third-order valence-electron chi connectivity index (χ3n) is 5.85. The van der Waals surface area contributed by atoms with Gasteiger partial charge in [-0.2, -0.15) is 0 Å². The number of aromatic nitrogens is 2. The molecule has 2 aromatic heterocycles. The second-order valence-electron chi connectivity index (χ2n) is 8.00. The highest BCUT2D eigenvalue weighted by Crippen LogP contribution is 2.19. The lowest BCUT2D eigenvalue weighted by Gasteiger charge is -2.34. The number of piperidine rings is 1. The molecule has 3 heterocycles. The van der Waals surface area contributed by atoms with Gasteiger partial charge in [-0.05, 0) is 56.4 Å². The second kappa shape index (κ2) is 9.65.